The van der Waals surface area contributed by atoms with Crippen LogP contribution in [0.1, 0.15) is 66.5 Å². The zero-order valence-corrected chi connectivity index (χ0v) is 24.4. The summed E-state index contributed by atoms with van der Waals surface area (Å²) in [5.41, 5.74) is 4.69. The number of aliphatic carboxylic acids is 1. The monoisotopic (exact) mass is 568 g/mol. The average Bonchev–Trinajstić information content (AvgIpc) is 2.83. The van der Waals surface area contributed by atoms with Crippen molar-refractivity contribution in [1.82, 2.24) is 15.0 Å². The van der Waals surface area contributed by atoms with Crippen LogP contribution in [0.2, 0.25) is 0 Å². The SMILES string of the molecule is Cc1cc(C)c(S(=O)(=O)NC(CNC(=O)C2CC3(CC(CCc4ccc5c(n4)NCCC5)C3)C2)C(=O)O)c(C)c1. The number of benzene rings is 1. The van der Waals surface area contributed by atoms with Crippen molar-refractivity contribution in [3.05, 3.63) is 52.2 Å². The molecule has 0 radical (unpaired) electrons. The number of amides is 1. The van der Waals surface area contributed by atoms with Crippen LogP contribution < -0.4 is 15.4 Å². The molecule has 5 rings (SSSR count). The lowest BCUT2D eigenvalue weighted by Crippen LogP contribution is -2.54. The fraction of sp³-hybridized carbons (Fsp3) is 0.567. The second-order valence-corrected chi connectivity index (χ2v) is 13.9. The number of carboxylic acid groups (broad SMARTS) is 1. The second-order valence-electron chi connectivity index (χ2n) is 12.2. The number of aryl methyl sites for hydroxylation is 5. The first kappa shape index (κ1) is 28.5. The lowest BCUT2D eigenvalue weighted by Gasteiger charge is -2.57. The van der Waals surface area contributed by atoms with Gasteiger partial charge in [-0.15, -0.1) is 0 Å². The Morgan fingerprint density at radius 3 is 2.50 bits per heavy atom. The number of hydrogen-bond acceptors (Lipinski definition) is 6. The van der Waals surface area contributed by atoms with Crippen LogP contribution in [0.5, 0.6) is 0 Å². The quantitative estimate of drug-likeness (QED) is 0.343. The normalized spacial score (nSPS) is 24.3. The van der Waals surface area contributed by atoms with Gasteiger partial charge < -0.3 is 15.7 Å². The van der Waals surface area contributed by atoms with Gasteiger partial charge in [0.15, 0.2) is 0 Å². The molecule has 4 N–H and O–H groups in total. The van der Waals surface area contributed by atoms with E-state index in [-0.39, 0.29) is 28.7 Å². The van der Waals surface area contributed by atoms with E-state index in [0.29, 0.717) is 17.0 Å². The number of rotatable bonds is 10. The Hall–Kier alpha value is -2.98. The third-order valence-electron chi connectivity index (χ3n) is 8.88. The second kappa shape index (κ2) is 11.1. The molecule has 1 amide bonds. The highest BCUT2D eigenvalue weighted by atomic mass is 32.2. The molecule has 1 spiro atoms. The molecule has 2 fully saturated rings. The van der Waals surface area contributed by atoms with Crippen molar-refractivity contribution >= 4 is 27.7 Å². The molecular weight excluding hydrogens is 528 g/mol. The number of hydrogen-bond donors (Lipinski definition) is 4. The summed E-state index contributed by atoms with van der Waals surface area (Å²) in [6, 6.07) is 6.39. The summed E-state index contributed by atoms with van der Waals surface area (Å²) in [6.07, 6.45) is 8.17. The maximum Gasteiger partial charge on any atom is 0.323 e. The van der Waals surface area contributed by atoms with E-state index in [2.05, 4.69) is 27.5 Å². The fourth-order valence-electron chi connectivity index (χ4n) is 7.10. The van der Waals surface area contributed by atoms with Crippen molar-refractivity contribution in [2.45, 2.75) is 83.1 Å². The summed E-state index contributed by atoms with van der Waals surface area (Å²) in [5.74, 6) is 0.00615. The zero-order valence-electron chi connectivity index (χ0n) is 23.5. The zero-order chi connectivity index (χ0) is 28.7. The molecular formula is C30H40N4O5S. The molecule has 2 aromatic rings. The molecule has 40 heavy (non-hydrogen) atoms. The van der Waals surface area contributed by atoms with E-state index in [1.165, 1.54) is 5.56 Å². The Kier molecular flexibility index (Phi) is 7.94. The Labute approximate surface area is 236 Å². The van der Waals surface area contributed by atoms with E-state index in [9.17, 15) is 23.1 Å². The van der Waals surface area contributed by atoms with Gasteiger partial charge in [0.1, 0.15) is 11.9 Å². The smallest absolute Gasteiger partial charge is 0.323 e. The Morgan fingerprint density at radius 1 is 1.12 bits per heavy atom. The minimum Gasteiger partial charge on any atom is -0.480 e. The Morgan fingerprint density at radius 2 is 1.82 bits per heavy atom. The minimum atomic E-state index is -4.08. The van der Waals surface area contributed by atoms with Gasteiger partial charge in [-0.05, 0) is 106 Å². The maximum absolute atomic E-state index is 13.0. The Bertz CT molecular complexity index is 1390. The number of carbonyl (C=O) groups excluding carboxylic acids is 1. The maximum atomic E-state index is 13.0. The number of carboxylic acids is 1. The summed E-state index contributed by atoms with van der Waals surface area (Å²) >= 11 is 0. The molecule has 3 aliphatic rings. The summed E-state index contributed by atoms with van der Waals surface area (Å²) in [6.45, 7) is 5.94. The largest absolute Gasteiger partial charge is 0.480 e. The van der Waals surface area contributed by atoms with Gasteiger partial charge in [-0.2, -0.15) is 4.72 Å². The van der Waals surface area contributed by atoms with E-state index in [0.717, 1.165) is 75.0 Å². The molecule has 1 atom stereocenters. The molecule has 0 saturated heterocycles. The third kappa shape index (κ3) is 6.02. The van der Waals surface area contributed by atoms with Gasteiger partial charge in [-0.3, -0.25) is 9.59 Å². The van der Waals surface area contributed by atoms with Crippen molar-refractivity contribution in [1.29, 1.82) is 0 Å². The number of nitrogens with one attached hydrogen (secondary N) is 3. The molecule has 10 heteroatoms. The molecule has 1 aromatic heterocycles. The highest BCUT2D eigenvalue weighted by Gasteiger charge is 2.54. The highest BCUT2D eigenvalue weighted by Crippen LogP contribution is 2.62. The van der Waals surface area contributed by atoms with Crippen molar-refractivity contribution in [2.24, 2.45) is 17.3 Å². The topological polar surface area (TPSA) is 137 Å². The number of sulfonamides is 1. The molecule has 2 heterocycles. The van der Waals surface area contributed by atoms with Crippen molar-refractivity contribution < 1.29 is 23.1 Å². The van der Waals surface area contributed by atoms with Crippen LogP contribution in [0.25, 0.3) is 0 Å². The van der Waals surface area contributed by atoms with Gasteiger partial charge in [-0.1, -0.05) is 23.8 Å². The first-order valence-corrected chi connectivity index (χ1v) is 15.8. The van der Waals surface area contributed by atoms with Crippen LogP contribution in [-0.4, -0.2) is 49.5 Å². The van der Waals surface area contributed by atoms with Gasteiger partial charge in [0.25, 0.3) is 0 Å². The first-order chi connectivity index (χ1) is 18.9. The molecule has 1 aliphatic heterocycles. The molecule has 1 aromatic carbocycles. The summed E-state index contributed by atoms with van der Waals surface area (Å²) < 4.78 is 28.3. The number of anilines is 1. The summed E-state index contributed by atoms with van der Waals surface area (Å²) in [5, 5.41) is 15.7. The van der Waals surface area contributed by atoms with Gasteiger partial charge >= 0.3 is 5.97 Å². The van der Waals surface area contributed by atoms with E-state index in [1.807, 2.05) is 6.92 Å². The van der Waals surface area contributed by atoms with Crippen LogP contribution in [0.4, 0.5) is 5.82 Å². The van der Waals surface area contributed by atoms with E-state index >= 15 is 0 Å². The number of nitrogens with zero attached hydrogens (tertiary/aromatic N) is 1. The van der Waals surface area contributed by atoms with Gasteiger partial charge in [0.2, 0.25) is 15.9 Å². The highest BCUT2D eigenvalue weighted by molar-refractivity contribution is 7.89. The van der Waals surface area contributed by atoms with Crippen molar-refractivity contribution in [3.8, 4) is 0 Å². The number of aromatic nitrogens is 1. The molecule has 2 saturated carbocycles. The standard InChI is InChI=1S/C30H40N4O5S/c1-18-11-19(2)26(20(3)12-18)40(38,39)34-25(29(36)37)17-32-28(35)23-15-30(16-23)13-21(14-30)6-8-24-9-7-22-5-4-10-31-27(22)33-24/h7,9,11-12,21,23,25,34H,4-6,8,10,13-17H2,1-3H3,(H,31,33)(H,32,35)(H,36,37). The molecule has 216 valence electrons. The van der Waals surface area contributed by atoms with Crippen molar-refractivity contribution in [2.75, 3.05) is 18.4 Å². The van der Waals surface area contributed by atoms with E-state index in [4.69, 9.17) is 4.98 Å². The third-order valence-corrected chi connectivity index (χ3v) is 10.7. The minimum absolute atomic E-state index is 0.0789. The van der Waals surface area contributed by atoms with Gasteiger partial charge in [0.05, 0.1) is 4.90 Å². The van der Waals surface area contributed by atoms with Crippen LogP contribution >= 0.6 is 0 Å². The van der Waals surface area contributed by atoms with Gasteiger partial charge in [-0.25, -0.2) is 13.4 Å². The number of pyridine rings is 1. The van der Waals surface area contributed by atoms with Gasteiger partial charge in [0, 0.05) is 24.7 Å². The van der Waals surface area contributed by atoms with E-state index in [1.54, 1.807) is 26.0 Å². The van der Waals surface area contributed by atoms with E-state index < -0.39 is 22.0 Å². The predicted molar refractivity (Wildman–Crippen MR) is 153 cm³/mol. The first-order valence-electron chi connectivity index (χ1n) is 14.3. The number of carbonyl (C=O) groups is 2. The lowest BCUT2D eigenvalue weighted by molar-refractivity contribution is -0.142. The molecule has 2 aliphatic carbocycles. The fourth-order valence-corrected chi connectivity index (χ4v) is 8.74. The lowest BCUT2D eigenvalue weighted by atomic mass is 9.47. The van der Waals surface area contributed by atoms with Crippen LogP contribution in [0, 0.1) is 38.0 Å². The predicted octanol–water partition coefficient (Wildman–Crippen LogP) is 3.65. The van der Waals surface area contributed by atoms with Crippen LogP contribution in [-0.2, 0) is 32.5 Å². The number of fused-ring (bicyclic) bond motifs is 1. The van der Waals surface area contributed by atoms with Crippen molar-refractivity contribution in [3.63, 3.8) is 0 Å². The molecule has 1 unspecified atom stereocenters. The van der Waals surface area contributed by atoms with Crippen LogP contribution in [0.3, 0.4) is 0 Å². The Balaban J connectivity index is 1.07. The summed E-state index contributed by atoms with van der Waals surface area (Å²) in [4.78, 5) is 29.5. The molecule has 0 bridgehead atoms. The van der Waals surface area contributed by atoms with Crippen LogP contribution in [0.15, 0.2) is 29.2 Å². The summed E-state index contributed by atoms with van der Waals surface area (Å²) in [7, 11) is -4.08. The average molecular weight is 569 g/mol. The molecule has 9 nitrogen and oxygen atoms in total.